The maximum Gasteiger partial charge on any atom is 0.132 e. The largest absolute Gasteiger partial charge is 0.508 e. The van der Waals surface area contributed by atoms with E-state index in [2.05, 4.69) is 0 Å². The van der Waals surface area contributed by atoms with E-state index in [1.165, 1.54) is 6.92 Å². The van der Waals surface area contributed by atoms with Gasteiger partial charge in [0.05, 0.1) is 5.56 Å². The molecule has 0 heterocycles. The quantitative estimate of drug-likeness (QED) is 0.474. The van der Waals surface area contributed by atoms with Crippen molar-refractivity contribution in [1.82, 2.24) is 0 Å². The number of phenolic OH excluding ortho intramolecular Hbond substituents is 3. The van der Waals surface area contributed by atoms with Gasteiger partial charge in [0.1, 0.15) is 17.2 Å². The van der Waals surface area contributed by atoms with Gasteiger partial charge in [-0.25, -0.2) is 0 Å². The Morgan fingerprint density at radius 3 is 1.92 bits per heavy atom. The standard InChI is InChI=1S/C8H9NO3/c1-4(9)8-6(11)2-5(10)3-7(8)12/h2-3,9-12H,1H3. The molecule has 1 aromatic rings. The summed E-state index contributed by atoms with van der Waals surface area (Å²) < 4.78 is 0. The van der Waals surface area contributed by atoms with Crippen molar-refractivity contribution in [3.8, 4) is 17.2 Å². The Morgan fingerprint density at radius 1 is 1.17 bits per heavy atom. The Labute approximate surface area is 69.2 Å². The smallest absolute Gasteiger partial charge is 0.132 e. The van der Waals surface area contributed by atoms with Gasteiger partial charge in [-0.2, -0.15) is 0 Å². The Hall–Kier alpha value is -1.71. The van der Waals surface area contributed by atoms with E-state index in [0.717, 1.165) is 12.1 Å². The first-order valence-electron chi connectivity index (χ1n) is 3.33. The van der Waals surface area contributed by atoms with Crippen molar-refractivity contribution in [2.24, 2.45) is 0 Å². The summed E-state index contributed by atoms with van der Waals surface area (Å²) in [6.07, 6.45) is 0. The first-order valence-corrected chi connectivity index (χ1v) is 3.33. The zero-order chi connectivity index (χ0) is 9.30. The van der Waals surface area contributed by atoms with Crippen LogP contribution in [0.5, 0.6) is 17.2 Å². The minimum absolute atomic E-state index is 0.0463. The molecule has 4 nitrogen and oxygen atoms in total. The normalized spacial score (nSPS) is 9.75. The highest BCUT2D eigenvalue weighted by atomic mass is 16.3. The molecule has 0 aromatic heterocycles. The molecule has 0 spiro atoms. The Morgan fingerprint density at radius 2 is 1.58 bits per heavy atom. The molecule has 1 aromatic carbocycles. The van der Waals surface area contributed by atoms with Gasteiger partial charge in [0, 0.05) is 17.8 Å². The molecule has 0 aliphatic carbocycles. The van der Waals surface area contributed by atoms with Crippen LogP contribution in [0.1, 0.15) is 12.5 Å². The first kappa shape index (κ1) is 8.39. The van der Waals surface area contributed by atoms with Crippen molar-refractivity contribution in [3.05, 3.63) is 17.7 Å². The molecule has 0 radical (unpaired) electrons. The Kier molecular flexibility index (Phi) is 1.91. The fourth-order valence-electron chi connectivity index (χ4n) is 0.982. The molecule has 12 heavy (non-hydrogen) atoms. The molecular weight excluding hydrogens is 158 g/mol. The first-order chi connectivity index (χ1) is 5.52. The number of rotatable bonds is 1. The van der Waals surface area contributed by atoms with Gasteiger partial charge in [-0.1, -0.05) is 0 Å². The molecule has 0 bridgehead atoms. The average Bonchev–Trinajstić information content (AvgIpc) is 1.82. The zero-order valence-corrected chi connectivity index (χ0v) is 6.50. The summed E-state index contributed by atoms with van der Waals surface area (Å²) >= 11 is 0. The second kappa shape index (κ2) is 2.73. The second-order valence-electron chi connectivity index (χ2n) is 2.48. The fourth-order valence-corrected chi connectivity index (χ4v) is 0.982. The van der Waals surface area contributed by atoms with Gasteiger partial charge in [0.15, 0.2) is 0 Å². The van der Waals surface area contributed by atoms with Gasteiger partial charge in [-0.3, -0.25) is 0 Å². The van der Waals surface area contributed by atoms with E-state index in [1.54, 1.807) is 0 Å². The molecule has 0 amide bonds. The third-order valence-corrected chi connectivity index (χ3v) is 1.46. The lowest BCUT2D eigenvalue weighted by Gasteiger charge is -2.05. The van der Waals surface area contributed by atoms with Crippen molar-refractivity contribution in [2.75, 3.05) is 0 Å². The predicted octanol–water partition coefficient (Wildman–Crippen LogP) is 1.19. The number of nitrogens with one attached hydrogen (secondary N) is 1. The van der Waals surface area contributed by atoms with Crippen molar-refractivity contribution in [2.45, 2.75) is 6.92 Å². The fraction of sp³-hybridized carbons (Fsp3) is 0.125. The van der Waals surface area contributed by atoms with Crippen LogP contribution in [-0.4, -0.2) is 21.0 Å². The van der Waals surface area contributed by atoms with Crippen LogP contribution in [0.15, 0.2) is 12.1 Å². The van der Waals surface area contributed by atoms with Gasteiger partial charge in [-0.05, 0) is 6.92 Å². The monoisotopic (exact) mass is 167 g/mol. The molecular formula is C8H9NO3. The highest BCUT2D eigenvalue weighted by Crippen LogP contribution is 2.31. The molecule has 0 atom stereocenters. The van der Waals surface area contributed by atoms with Crippen LogP contribution in [0.2, 0.25) is 0 Å². The molecule has 0 saturated heterocycles. The summed E-state index contributed by atoms with van der Waals surface area (Å²) in [5.74, 6) is -0.810. The van der Waals surface area contributed by atoms with Crippen LogP contribution in [0.4, 0.5) is 0 Å². The van der Waals surface area contributed by atoms with Gasteiger partial charge < -0.3 is 20.7 Å². The maximum absolute atomic E-state index is 9.18. The molecule has 0 fully saturated rings. The SMILES string of the molecule is CC(=N)c1c(O)cc(O)cc1O. The number of aromatic hydroxyl groups is 3. The third kappa shape index (κ3) is 1.32. The molecule has 64 valence electrons. The molecule has 1 rings (SSSR count). The Bertz CT molecular complexity index is 310. The summed E-state index contributed by atoms with van der Waals surface area (Å²) in [6, 6.07) is 2.15. The van der Waals surface area contributed by atoms with E-state index in [1.807, 2.05) is 0 Å². The molecule has 0 aliphatic heterocycles. The highest BCUT2D eigenvalue weighted by Gasteiger charge is 2.10. The number of hydrogen-bond acceptors (Lipinski definition) is 4. The van der Waals surface area contributed by atoms with Crippen molar-refractivity contribution in [3.63, 3.8) is 0 Å². The maximum atomic E-state index is 9.18. The van der Waals surface area contributed by atoms with Gasteiger partial charge in [-0.15, -0.1) is 0 Å². The van der Waals surface area contributed by atoms with Crippen LogP contribution in [0.3, 0.4) is 0 Å². The topological polar surface area (TPSA) is 84.5 Å². The van der Waals surface area contributed by atoms with Gasteiger partial charge in [0.2, 0.25) is 0 Å². The number of phenols is 3. The minimum Gasteiger partial charge on any atom is -0.508 e. The van der Waals surface area contributed by atoms with Crippen molar-refractivity contribution in [1.29, 1.82) is 5.41 Å². The second-order valence-corrected chi connectivity index (χ2v) is 2.48. The predicted molar refractivity (Wildman–Crippen MR) is 43.9 cm³/mol. The highest BCUT2D eigenvalue weighted by molar-refractivity contribution is 6.01. The summed E-state index contributed by atoms with van der Waals surface area (Å²) in [5.41, 5.74) is 0.0952. The summed E-state index contributed by atoms with van der Waals surface area (Å²) in [6.45, 7) is 1.44. The van der Waals surface area contributed by atoms with Crippen LogP contribution >= 0.6 is 0 Å². The average molecular weight is 167 g/mol. The number of benzene rings is 1. The van der Waals surface area contributed by atoms with Crippen LogP contribution in [-0.2, 0) is 0 Å². The van der Waals surface area contributed by atoms with Crippen molar-refractivity contribution < 1.29 is 15.3 Å². The Balaban J connectivity index is 3.38. The minimum atomic E-state index is -0.292. The lowest BCUT2D eigenvalue weighted by molar-refractivity contribution is 0.426. The van der Waals surface area contributed by atoms with E-state index < -0.39 is 0 Å². The van der Waals surface area contributed by atoms with Crippen LogP contribution < -0.4 is 0 Å². The van der Waals surface area contributed by atoms with Crippen LogP contribution in [0.25, 0.3) is 0 Å². The third-order valence-electron chi connectivity index (χ3n) is 1.46. The van der Waals surface area contributed by atoms with E-state index in [9.17, 15) is 10.2 Å². The van der Waals surface area contributed by atoms with E-state index in [0.29, 0.717) is 0 Å². The van der Waals surface area contributed by atoms with Crippen LogP contribution in [0, 0.1) is 5.41 Å². The van der Waals surface area contributed by atoms with Crippen molar-refractivity contribution >= 4 is 5.71 Å². The summed E-state index contributed by atoms with van der Waals surface area (Å²) in [4.78, 5) is 0. The molecule has 4 heteroatoms. The van der Waals surface area contributed by atoms with E-state index in [-0.39, 0.29) is 28.5 Å². The lowest BCUT2D eigenvalue weighted by atomic mass is 10.1. The van der Waals surface area contributed by atoms with Gasteiger partial charge in [0.25, 0.3) is 0 Å². The molecule has 0 saturated carbocycles. The molecule has 0 aliphatic rings. The molecule has 0 unspecified atom stereocenters. The van der Waals surface area contributed by atoms with Gasteiger partial charge >= 0.3 is 0 Å². The number of hydrogen-bond donors (Lipinski definition) is 4. The molecule has 4 N–H and O–H groups in total. The summed E-state index contributed by atoms with van der Waals surface area (Å²) in [5, 5.41) is 34.5. The lowest BCUT2D eigenvalue weighted by Crippen LogP contribution is -1.93. The summed E-state index contributed by atoms with van der Waals surface area (Å²) in [7, 11) is 0. The zero-order valence-electron chi connectivity index (χ0n) is 6.50. The van der Waals surface area contributed by atoms with E-state index in [4.69, 9.17) is 10.5 Å². The van der Waals surface area contributed by atoms with E-state index >= 15 is 0 Å².